The van der Waals surface area contributed by atoms with Gasteiger partial charge in [0.2, 0.25) is 0 Å². The minimum absolute atomic E-state index is 0.0833. The molecule has 2 aliphatic rings. The van der Waals surface area contributed by atoms with Crippen LogP contribution in [0.1, 0.15) is 12.8 Å². The van der Waals surface area contributed by atoms with E-state index in [1.54, 1.807) is 0 Å². The van der Waals surface area contributed by atoms with Gasteiger partial charge in [-0.1, -0.05) is 0 Å². The van der Waals surface area contributed by atoms with Crippen LogP contribution in [0.25, 0.3) is 0 Å². The first-order chi connectivity index (χ1) is 5.43. The van der Waals surface area contributed by atoms with Crippen LogP contribution >= 0.6 is 0 Å². The van der Waals surface area contributed by atoms with Crippen molar-refractivity contribution in [1.29, 1.82) is 0 Å². The van der Waals surface area contributed by atoms with Gasteiger partial charge in [-0.25, -0.2) is 8.78 Å². The fraction of sp³-hybridized carbons (Fsp3) is 0.857. The highest BCUT2D eigenvalue weighted by Crippen LogP contribution is 2.73. The van der Waals surface area contributed by atoms with Crippen molar-refractivity contribution >= 4 is 5.97 Å². The summed E-state index contributed by atoms with van der Waals surface area (Å²) < 4.78 is 25.8. The molecule has 2 saturated carbocycles. The molecular weight excluding hydrogens is 168 g/mol. The van der Waals surface area contributed by atoms with Crippen molar-refractivity contribution in [2.45, 2.75) is 24.8 Å². The lowest BCUT2D eigenvalue weighted by atomic mass is 10.0. The van der Waals surface area contributed by atoms with Crippen molar-refractivity contribution < 1.29 is 18.7 Å². The van der Waals surface area contributed by atoms with Crippen LogP contribution in [0.4, 0.5) is 8.78 Å². The fourth-order valence-corrected chi connectivity index (χ4v) is 2.34. The standard InChI is InChI=1S/C7H9F2NO2/c8-7(9)4-1-3(10)2-6(4,7)5(11)12/h3-4H,1-2,10H2,(H,11,12). The average molecular weight is 177 g/mol. The zero-order valence-electron chi connectivity index (χ0n) is 6.26. The summed E-state index contributed by atoms with van der Waals surface area (Å²) in [6.45, 7) is 0. The maximum Gasteiger partial charge on any atom is 0.316 e. The molecule has 68 valence electrons. The second kappa shape index (κ2) is 1.79. The third-order valence-corrected chi connectivity index (χ3v) is 3.05. The third kappa shape index (κ3) is 0.576. The van der Waals surface area contributed by atoms with E-state index in [9.17, 15) is 13.6 Å². The lowest BCUT2D eigenvalue weighted by Gasteiger charge is -2.12. The van der Waals surface area contributed by atoms with E-state index in [1.165, 1.54) is 0 Å². The molecule has 3 N–H and O–H groups in total. The predicted octanol–water partition coefficient (Wildman–Crippen LogP) is 0.444. The van der Waals surface area contributed by atoms with Gasteiger partial charge in [-0.05, 0) is 12.8 Å². The number of hydrogen-bond acceptors (Lipinski definition) is 2. The van der Waals surface area contributed by atoms with Gasteiger partial charge in [-0.3, -0.25) is 4.79 Å². The summed E-state index contributed by atoms with van der Waals surface area (Å²) in [5, 5.41) is 8.63. The van der Waals surface area contributed by atoms with Crippen molar-refractivity contribution in [2.24, 2.45) is 17.1 Å². The summed E-state index contributed by atoms with van der Waals surface area (Å²) in [5.41, 5.74) is 3.59. The van der Waals surface area contributed by atoms with E-state index in [2.05, 4.69) is 0 Å². The molecule has 12 heavy (non-hydrogen) atoms. The Morgan fingerprint density at radius 3 is 2.50 bits per heavy atom. The molecule has 0 aromatic rings. The second-order valence-electron chi connectivity index (χ2n) is 3.65. The maximum atomic E-state index is 12.9. The van der Waals surface area contributed by atoms with E-state index in [0.717, 1.165) is 0 Å². The first kappa shape index (κ1) is 7.91. The van der Waals surface area contributed by atoms with E-state index in [4.69, 9.17) is 10.8 Å². The topological polar surface area (TPSA) is 63.3 Å². The molecule has 0 aromatic carbocycles. The Bertz CT molecular complexity index is 256. The molecule has 2 fully saturated rings. The van der Waals surface area contributed by atoms with Crippen molar-refractivity contribution in [3.63, 3.8) is 0 Å². The largest absolute Gasteiger partial charge is 0.481 e. The summed E-state index contributed by atoms with van der Waals surface area (Å²) in [6.07, 6.45) is 0.0549. The molecule has 2 rings (SSSR count). The van der Waals surface area contributed by atoms with Crippen LogP contribution in [0, 0.1) is 11.3 Å². The molecule has 0 heterocycles. The summed E-state index contributed by atoms with van der Waals surface area (Å²) in [7, 11) is 0. The smallest absolute Gasteiger partial charge is 0.316 e. The van der Waals surface area contributed by atoms with E-state index < -0.39 is 23.2 Å². The number of carboxylic acids is 1. The number of aliphatic carboxylic acids is 1. The minimum atomic E-state index is -3.02. The Hall–Kier alpha value is -0.710. The highest BCUT2D eigenvalue weighted by Gasteiger charge is 2.87. The summed E-state index contributed by atoms with van der Waals surface area (Å²) in [4.78, 5) is 10.6. The highest BCUT2D eigenvalue weighted by atomic mass is 19.3. The summed E-state index contributed by atoms with van der Waals surface area (Å²) >= 11 is 0. The lowest BCUT2D eigenvalue weighted by molar-refractivity contribution is -0.147. The molecule has 0 aliphatic heterocycles. The van der Waals surface area contributed by atoms with Crippen LogP contribution in [0.3, 0.4) is 0 Å². The monoisotopic (exact) mass is 177 g/mol. The van der Waals surface area contributed by atoms with Crippen LogP contribution < -0.4 is 5.73 Å². The second-order valence-corrected chi connectivity index (χ2v) is 3.65. The Balaban J connectivity index is 2.31. The molecule has 0 radical (unpaired) electrons. The minimum Gasteiger partial charge on any atom is -0.481 e. The molecule has 3 atom stereocenters. The molecule has 5 heteroatoms. The van der Waals surface area contributed by atoms with Crippen molar-refractivity contribution in [1.82, 2.24) is 0 Å². The van der Waals surface area contributed by atoms with Gasteiger partial charge in [0.15, 0.2) is 0 Å². The SMILES string of the molecule is NC1CC2C(F)(F)C2(C(=O)O)C1. The number of carboxylic acid groups (broad SMARTS) is 1. The van der Waals surface area contributed by atoms with Crippen LogP contribution in [-0.2, 0) is 4.79 Å². The van der Waals surface area contributed by atoms with Gasteiger partial charge in [-0.2, -0.15) is 0 Å². The van der Waals surface area contributed by atoms with E-state index in [1.807, 2.05) is 0 Å². The summed E-state index contributed by atoms with van der Waals surface area (Å²) in [6, 6.07) is -0.370. The first-order valence-corrected chi connectivity index (χ1v) is 3.79. The first-order valence-electron chi connectivity index (χ1n) is 3.79. The van der Waals surface area contributed by atoms with Gasteiger partial charge < -0.3 is 10.8 Å². The molecule has 0 aromatic heterocycles. The lowest BCUT2D eigenvalue weighted by Crippen LogP contribution is -2.29. The zero-order chi connectivity index (χ0) is 9.15. The van der Waals surface area contributed by atoms with Gasteiger partial charge in [0.05, 0.1) is 0 Å². The summed E-state index contributed by atoms with van der Waals surface area (Å²) in [5.74, 6) is -5.43. The van der Waals surface area contributed by atoms with Gasteiger partial charge in [0, 0.05) is 12.0 Å². The van der Waals surface area contributed by atoms with Gasteiger partial charge >= 0.3 is 5.97 Å². The highest BCUT2D eigenvalue weighted by molar-refractivity contribution is 5.82. The molecule has 3 nitrogen and oxygen atoms in total. The predicted molar refractivity (Wildman–Crippen MR) is 35.7 cm³/mol. The fourth-order valence-electron chi connectivity index (χ4n) is 2.34. The van der Waals surface area contributed by atoms with E-state index in [-0.39, 0.29) is 18.9 Å². The number of hydrogen-bond donors (Lipinski definition) is 2. The Morgan fingerprint density at radius 2 is 2.17 bits per heavy atom. The van der Waals surface area contributed by atoms with Crippen molar-refractivity contribution in [2.75, 3.05) is 0 Å². The number of halogens is 2. The van der Waals surface area contributed by atoms with Crippen molar-refractivity contribution in [3.8, 4) is 0 Å². The molecule has 0 bridgehead atoms. The van der Waals surface area contributed by atoms with Crippen LogP contribution in [0.5, 0.6) is 0 Å². The number of nitrogens with two attached hydrogens (primary N) is 1. The van der Waals surface area contributed by atoms with E-state index in [0.29, 0.717) is 0 Å². The van der Waals surface area contributed by atoms with Crippen LogP contribution in [0.2, 0.25) is 0 Å². The van der Waals surface area contributed by atoms with Gasteiger partial charge in [0.25, 0.3) is 5.92 Å². The van der Waals surface area contributed by atoms with Gasteiger partial charge in [0.1, 0.15) is 5.41 Å². The Kier molecular flexibility index (Phi) is 1.18. The van der Waals surface area contributed by atoms with Gasteiger partial charge in [-0.15, -0.1) is 0 Å². The molecule has 0 amide bonds. The number of alkyl halides is 2. The van der Waals surface area contributed by atoms with Crippen LogP contribution in [0.15, 0.2) is 0 Å². The quantitative estimate of drug-likeness (QED) is 0.611. The maximum absolute atomic E-state index is 12.9. The average Bonchev–Trinajstić information content (AvgIpc) is 2.34. The number of rotatable bonds is 1. The van der Waals surface area contributed by atoms with E-state index >= 15 is 0 Å². The molecule has 0 saturated heterocycles. The zero-order valence-corrected chi connectivity index (χ0v) is 6.26. The normalized spacial score (nSPS) is 48.6. The number of carbonyl (C=O) groups is 1. The van der Waals surface area contributed by atoms with Crippen LogP contribution in [-0.4, -0.2) is 23.0 Å². The Morgan fingerprint density at radius 1 is 1.58 bits per heavy atom. The molecule has 0 spiro atoms. The van der Waals surface area contributed by atoms with Crippen molar-refractivity contribution in [3.05, 3.63) is 0 Å². The molecular formula is C7H9F2NO2. The molecule has 3 unspecified atom stereocenters. The third-order valence-electron chi connectivity index (χ3n) is 3.05. The molecule has 2 aliphatic carbocycles. The Labute approximate surface area is 67.5 Å². The number of fused-ring (bicyclic) bond motifs is 1.